The van der Waals surface area contributed by atoms with Gasteiger partial charge in [-0.2, -0.15) is 14.9 Å². The third-order valence-electron chi connectivity index (χ3n) is 3.97. The van der Waals surface area contributed by atoms with Gasteiger partial charge in [-0.3, -0.25) is 0 Å². The van der Waals surface area contributed by atoms with E-state index in [1.165, 1.54) is 6.21 Å². The second-order valence-electron chi connectivity index (χ2n) is 6.04. The van der Waals surface area contributed by atoms with Crippen molar-refractivity contribution in [3.8, 4) is 11.5 Å². The minimum absolute atomic E-state index is 0.0253. The predicted octanol–water partition coefficient (Wildman–Crippen LogP) is 5.31. The highest BCUT2D eigenvalue weighted by Crippen LogP contribution is 2.28. The summed E-state index contributed by atoms with van der Waals surface area (Å²) in [6.07, 6.45) is -1.40. The molecule has 6 nitrogen and oxygen atoms in total. The summed E-state index contributed by atoms with van der Waals surface area (Å²) in [5.74, 6) is 0.598. The highest BCUT2D eigenvalue weighted by Gasteiger charge is 2.16. The normalized spacial score (nSPS) is 11.4. The Balaban J connectivity index is 1.83. The monoisotopic (exact) mass is 438 g/mol. The lowest BCUT2D eigenvalue weighted by molar-refractivity contribution is 0.136. The third kappa shape index (κ3) is 4.99. The first kappa shape index (κ1) is 20.9. The van der Waals surface area contributed by atoms with Gasteiger partial charge in [0, 0.05) is 5.56 Å². The molecule has 0 fully saturated rings. The summed E-state index contributed by atoms with van der Waals surface area (Å²) in [6, 6.07) is 10.7. The molecule has 152 valence electrons. The second-order valence-corrected chi connectivity index (χ2v) is 6.83. The number of aromatic nitrogens is 3. The van der Waals surface area contributed by atoms with Crippen LogP contribution in [0.25, 0.3) is 0 Å². The average molecular weight is 439 g/mol. The van der Waals surface area contributed by atoms with Gasteiger partial charge >= 0.3 is 0 Å². The number of aromatic amines is 1. The van der Waals surface area contributed by atoms with E-state index in [4.69, 9.17) is 33.3 Å². The maximum absolute atomic E-state index is 13.0. The van der Waals surface area contributed by atoms with Crippen molar-refractivity contribution in [3.63, 3.8) is 0 Å². The van der Waals surface area contributed by atoms with E-state index in [1.807, 2.05) is 19.1 Å². The largest absolute Gasteiger partial charge is 0.496 e. The maximum atomic E-state index is 13.0. The first-order valence-electron chi connectivity index (χ1n) is 8.44. The zero-order valence-electron chi connectivity index (χ0n) is 15.5. The van der Waals surface area contributed by atoms with E-state index in [9.17, 15) is 8.78 Å². The van der Waals surface area contributed by atoms with Crippen LogP contribution in [0, 0.1) is 11.7 Å². The standard InChI is InChI=1S/C19H17ClF2N4O2S/c1-11-3-5-16(14(20)7-11)28-10-13-8-12(4-6-15(13)27-2)9-23-26-18(17(21)22)24-25-19(26)29/h3-9,17H,10H2,1-2H3,(H,25,29). The summed E-state index contributed by atoms with van der Waals surface area (Å²) in [7, 11) is 1.55. The third-order valence-corrected chi connectivity index (χ3v) is 4.53. The molecule has 0 atom stereocenters. The van der Waals surface area contributed by atoms with Crippen molar-refractivity contribution >= 4 is 30.0 Å². The van der Waals surface area contributed by atoms with Crippen LogP contribution < -0.4 is 9.47 Å². The second kappa shape index (κ2) is 9.15. The molecule has 1 N–H and O–H groups in total. The minimum Gasteiger partial charge on any atom is -0.496 e. The summed E-state index contributed by atoms with van der Waals surface area (Å²) in [5.41, 5.74) is 2.40. The van der Waals surface area contributed by atoms with E-state index in [2.05, 4.69) is 15.3 Å². The van der Waals surface area contributed by atoms with Gasteiger partial charge in [-0.25, -0.2) is 13.9 Å². The molecule has 0 spiro atoms. The SMILES string of the molecule is COc1ccc(C=Nn2c(C(F)F)n[nH]c2=S)cc1COc1ccc(C)cc1Cl. The number of ether oxygens (including phenoxy) is 2. The van der Waals surface area contributed by atoms with Gasteiger partial charge in [-0.1, -0.05) is 17.7 Å². The number of hydrogen-bond donors (Lipinski definition) is 1. The van der Waals surface area contributed by atoms with Crippen molar-refractivity contribution < 1.29 is 18.3 Å². The molecule has 0 amide bonds. The molecule has 0 radical (unpaired) electrons. The molecule has 10 heteroatoms. The zero-order valence-corrected chi connectivity index (χ0v) is 17.1. The fourth-order valence-electron chi connectivity index (χ4n) is 2.55. The van der Waals surface area contributed by atoms with Crippen LogP contribution in [-0.4, -0.2) is 28.2 Å². The van der Waals surface area contributed by atoms with E-state index >= 15 is 0 Å². The van der Waals surface area contributed by atoms with Gasteiger partial charge in [0.2, 0.25) is 10.6 Å². The Morgan fingerprint density at radius 2 is 2.03 bits per heavy atom. The number of nitrogens with zero attached hydrogens (tertiary/aromatic N) is 3. The molecule has 0 aliphatic rings. The lowest BCUT2D eigenvalue weighted by atomic mass is 10.1. The summed E-state index contributed by atoms with van der Waals surface area (Å²) in [5, 5.41) is 10.3. The Bertz CT molecular complexity index is 1100. The van der Waals surface area contributed by atoms with Crippen LogP contribution in [0.1, 0.15) is 28.9 Å². The summed E-state index contributed by atoms with van der Waals surface area (Å²) in [4.78, 5) is 0. The molecular formula is C19H17ClF2N4O2S. The van der Waals surface area contributed by atoms with E-state index in [0.29, 0.717) is 22.1 Å². The fourth-order valence-corrected chi connectivity index (χ4v) is 3.03. The van der Waals surface area contributed by atoms with Crippen LogP contribution in [0.4, 0.5) is 8.78 Å². The predicted molar refractivity (Wildman–Crippen MR) is 109 cm³/mol. The number of hydrogen-bond acceptors (Lipinski definition) is 5. The van der Waals surface area contributed by atoms with Gasteiger partial charge in [-0.15, -0.1) is 0 Å². The number of halogens is 3. The van der Waals surface area contributed by atoms with Gasteiger partial charge in [-0.05, 0) is 60.6 Å². The topological polar surface area (TPSA) is 64.4 Å². The van der Waals surface area contributed by atoms with Crippen LogP contribution in [0.5, 0.6) is 11.5 Å². The average Bonchev–Trinajstić information content (AvgIpc) is 3.06. The number of methoxy groups -OCH3 is 1. The molecule has 0 unspecified atom stereocenters. The molecule has 0 aliphatic carbocycles. The molecule has 29 heavy (non-hydrogen) atoms. The smallest absolute Gasteiger partial charge is 0.299 e. The van der Waals surface area contributed by atoms with Gasteiger partial charge in [0.1, 0.15) is 18.1 Å². The van der Waals surface area contributed by atoms with E-state index in [-0.39, 0.29) is 11.4 Å². The molecule has 1 heterocycles. The molecule has 3 rings (SSSR count). The lowest BCUT2D eigenvalue weighted by Gasteiger charge is -2.12. The van der Waals surface area contributed by atoms with E-state index in [1.54, 1.807) is 31.4 Å². The summed E-state index contributed by atoms with van der Waals surface area (Å²) >= 11 is 11.1. The summed E-state index contributed by atoms with van der Waals surface area (Å²) in [6.45, 7) is 2.13. The van der Waals surface area contributed by atoms with Crippen molar-refractivity contribution in [2.24, 2.45) is 5.10 Å². The number of alkyl halides is 2. The molecule has 0 saturated carbocycles. The highest BCUT2D eigenvalue weighted by molar-refractivity contribution is 7.71. The van der Waals surface area contributed by atoms with Crippen molar-refractivity contribution in [1.29, 1.82) is 0 Å². The Hall–Kier alpha value is -2.78. The molecule has 0 aliphatic heterocycles. The van der Waals surface area contributed by atoms with Gasteiger partial charge < -0.3 is 9.47 Å². The lowest BCUT2D eigenvalue weighted by Crippen LogP contribution is -2.02. The molecule has 0 bridgehead atoms. The first-order chi connectivity index (χ1) is 13.9. The van der Waals surface area contributed by atoms with Gasteiger partial charge in [0.05, 0.1) is 18.3 Å². The number of H-pyrrole nitrogens is 1. The number of aryl methyl sites for hydroxylation is 1. The Kier molecular flexibility index (Phi) is 6.60. The first-order valence-corrected chi connectivity index (χ1v) is 9.23. The van der Waals surface area contributed by atoms with Crippen LogP contribution in [-0.2, 0) is 6.61 Å². The van der Waals surface area contributed by atoms with Crippen molar-refractivity contribution in [2.45, 2.75) is 20.0 Å². The Labute approximate surface area is 175 Å². The van der Waals surface area contributed by atoms with Crippen LogP contribution in [0.15, 0.2) is 41.5 Å². The van der Waals surface area contributed by atoms with Crippen LogP contribution in [0.3, 0.4) is 0 Å². The molecular weight excluding hydrogens is 422 g/mol. The highest BCUT2D eigenvalue weighted by atomic mass is 35.5. The van der Waals surface area contributed by atoms with E-state index < -0.39 is 12.2 Å². The zero-order chi connectivity index (χ0) is 21.0. The van der Waals surface area contributed by atoms with Crippen molar-refractivity contribution in [2.75, 3.05) is 7.11 Å². The fraction of sp³-hybridized carbons (Fsp3) is 0.211. The summed E-state index contributed by atoms with van der Waals surface area (Å²) < 4.78 is 38.0. The van der Waals surface area contributed by atoms with Crippen LogP contribution in [0.2, 0.25) is 5.02 Å². The van der Waals surface area contributed by atoms with Crippen molar-refractivity contribution in [1.82, 2.24) is 14.9 Å². The van der Waals surface area contributed by atoms with Gasteiger partial charge in [0.25, 0.3) is 6.43 Å². The number of benzene rings is 2. The van der Waals surface area contributed by atoms with Crippen LogP contribution >= 0.6 is 23.8 Å². The molecule has 1 aromatic heterocycles. The Morgan fingerprint density at radius 1 is 1.28 bits per heavy atom. The van der Waals surface area contributed by atoms with E-state index in [0.717, 1.165) is 15.8 Å². The number of rotatable bonds is 7. The minimum atomic E-state index is -2.81. The number of nitrogens with one attached hydrogen (secondary N) is 1. The van der Waals surface area contributed by atoms with Gasteiger partial charge in [0.15, 0.2) is 0 Å². The van der Waals surface area contributed by atoms with Crippen molar-refractivity contribution in [3.05, 3.63) is 68.7 Å². The quantitative estimate of drug-likeness (QED) is 0.401. The molecule has 3 aromatic rings. The molecule has 2 aromatic carbocycles. The maximum Gasteiger partial charge on any atom is 0.299 e. The molecule has 0 saturated heterocycles. The Morgan fingerprint density at radius 3 is 2.72 bits per heavy atom.